The molecule has 0 aromatic carbocycles. The largest absolute Gasteiger partial charge is 0.466 e. The highest BCUT2D eigenvalue weighted by Gasteiger charge is 2.20. The van der Waals surface area contributed by atoms with Crippen LogP contribution < -0.4 is 5.32 Å². The van der Waals surface area contributed by atoms with Gasteiger partial charge in [0.05, 0.1) is 25.4 Å². The molecule has 0 aromatic heterocycles. The fraction of sp³-hybridized carbons (Fsp3) is 0.884. The number of unbranched alkanes of at least 4 members (excludes halogenated alkanes) is 46. The Morgan fingerprint density at radius 3 is 1.07 bits per heavy atom. The van der Waals surface area contributed by atoms with E-state index in [2.05, 4.69) is 55.6 Å². The maximum absolute atomic E-state index is 12.5. The lowest BCUT2D eigenvalue weighted by Crippen LogP contribution is -2.45. The number of allylic oxidation sites excluding steroid dienone is 6. The second kappa shape index (κ2) is 64.6. The van der Waals surface area contributed by atoms with E-state index in [0.29, 0.717) is 25.9 Å². The Hall–Kier alpha value is -1.92. The molecule has 6 heteroatoms. The maximum atomic E-state index is 12.5. The van der Waals surface area contributed by atoms with Crippen LogP contribution in [0.2, 0.25) is 0 Å². The van der Waals surface area contributed by atoms with Crippen LogP contribution in [-0.2, 0) is 14.3 Å². The van der Waals surface area contributed by atoms with Crippen molar-refractivity contribution in [3.63, 3.8) is 0 Å². The zero-order chi connectivity index (χ0) is 54.3. The summed E-state index contributed by atoms with van der Waals surface area (Å²) in [5, 5.41) is 23.2. The molecule has 2 atom stereocenters. The van der Waals surface area contributed by atoms with Gasteiger partial charge in [0, 0.05) is 12.8 Å². The normalized spacial score (nSPS) is 12.7. The lowest BCUT2D eigenvalue weighted by atomic mass is 10.0. The predicted molar refractivity (Wildman–Crippen MR) is 329 cm³/mol. The summed E-state index contributed by atoms with van der Waals surface area (Å²) in [5.74, 6) is -0.0260. The van der Waals surface area contributed by atoms with Crippen molar-refractivity contribution in [1.29, 1.82) is 0 Å². The van der Waals surface area contributed by atoms with Gasteiger partial charge >= 0.3 is 5.97 Å². The second-order valence-electron chi connectivity index (χ2n) is 23.1. The number of hydrogen-bond donors (Lipinski definition) is 3. The number of nitrogens with one attached hydrogen (secondary N) is 1. The quantitative estimate of drug-likeness (QED) is 0.0320. The number of aliphatic hydroxyl groups excluding tert-OH is 2. The van der Waals surface area contributed by atoms with Gasteiger partial charge in [-0.3, -0.25) is 9.59 Å². The molecule has 0 spiro atoms. The van der Waals surface area contributed by atoms with Gasteiger partial charge in [0.1, 0.15) is 0 Å². The molecule has 0 heterocycles. The van der Waals surface area contributed by atoms with Crippen molar-refractivity contribution in [2.75, 3.05) is 13.2 Å². The van der Waals surface area contributed by atoms with Crippen molar-refractivity contribution >= 4 is 11.9 Å². The van der Waals surface area contributed by atoms with Gasteiger partial charge in [-0.1, -0.05) is 314 Å². The number of aliphatic hydroxyl groups is 2. The van der Waals surface area contributed by atoms with Gasteiger partial charge in [0.25, 0.3) is 0 Å². The first-order valence-corrected chi connectivity index (χ1v) is 33.7. The first kappa shape index (κ1) is 73.1. The van der Waals surface area contributed by atoms with E-state index < -0.39 is 12.1 Å². The molecule has 0 aliphatic heterocycles. The van der Waals surface area contributed by atoms with Crippen molar-refractivity contribution in [1.82, 2.24) is 5.32 Å². The molecule has 0 radical (unpaired) electrons. The van der Waals surface area contributed by atoms with Crippen molar-refractivity contribution in [3.05, 3.63) is 36.5 Å². The van der Waals surface area contributed by atoms with Crippen LogP contribution in [0.3, 0.4) is 0 Å². The molecule has 2 unspecified atom stereocenters. The lowest BCUT2D eigenvalue weighted by molar-refractivity contribution is -0.143. The molecule has 0 aromatic rings. The van der Waals surface area contributed by atoms with Crippen molar-refractivity contribution in [3.8, 4) is 0 Å². The van der Waals surface area contributed by atoms with Crippen LogP contribution >= 0.6 is 0 Å². The third-order valence-corrected chi connectivity index (χ3v) is 15.7. The van der Waals surface area contributed by atoms with Gasteiger partial charge in [-0.2, -0.15) is 0 Å². The minimum atomic E-state index is -0.661. The molecule has 0 bridgehead atoms. The molecular weight excluding hydrogens is 923 g/mol. The van der Waals surface area contributed by atoms with Crippen LogP contribution in [0.1, 0.15) is 367 Å². The Morgan fingerprint density at radius 1 is 0.373 bits per heavy atom. The monoisotopic (exact) mass is 1050 g/mol. The fourth-order valence-corrected chi connectivity index (χ4v) is 10.5. The Balaban J connectivity index is 3.36. The summed E-state index contributed by atoms with van der Waals surface area (Å²) in [4.78, 5) is 24.5. The molecule has 6 nitrogen and oxygen atoms in total. The zero-order valence-corrected chi connectivity index (χ0v) is 50.5. The standard InChI is InChI=1S/C69H131NO5/c1-3-5-7-9-11-13-15-42-45-49-53-57-61-67(72)66(65-71)70-68(73)62-58-54-50-46-43-39-37-35-33-31-29-27-25-23-21-19-17-16-18-20-22-24-26-28-30-32-34-36-38-40-44-48-52-56-60-64-75-69(74)63-59-55-51-47-41-14-12-10-8-6-4-2/h10,12,18,20,24,26,66-67,71-72H,3-9,11,13-17,19,21-23,25,27-65H2,1-2H3,(H,70,73)/b12-10-,20-18-,26-24-. The minimum absolute atomic E-state index is 0.00565. The van der Waals surface area contributed by atoms with Gasteiger partial charge in [0.15, 0.2) is 0 Å². The molecule has 0 aliphatic carbocycles. The molecular formula is C69H131NO5. The summed E-state index contributed by atoms with van der Waals surface area (Å²) in [6.07, 6.45) is 82.0. The Kier molecular flexibility index (Phi) is 63.0. The summed E-state index contributed by atoms with van der Waals surface area (Å²) >= 11 is 0. The van der Waals surface area contributed by atoms with E-state index in [1.165, 1.54) is 283 Å². The maximum Gasteiger partial charge on any atom is 0.305 e. The zero-order valence-electron chi connectivity index (χ0n) is 50.5. The summed E-state index contributed by atoms with van der Waals surface area (Å²) in [7, 11) is 0. The van der Waals surface area contributed by atoms with E-state index in [4.69, 9.17) is 4.74 Å². The van der Waals surface area contributed by atoms with Crippen LogP contribution in [0, 0.1) is 0 Å². The fourth-order valence-electron chi connectivity index (χ4n) is 10.5. The molecule has 0 aliphatic rings. The molecule has 442 valence electrons. The Morgan fingerprint density at radius 2 is 0.680 bits per heavy atom. The number of carbonyl (C=O) groups excluding carboxylic acids is 2. The van der Waals surface area contributed by atoms with Crippen molar-refractivity contribution in [2.24, 2.45) is 0 Å². The third-order valence-electron chi connectivity index (χ3n) is 15.7. The third kappa shape index (κ3) is 61.2. The van der Waals surface area contributed by atoms with Crippen LogP contribution in [0.4, 0.5) is 0 Å². The average molecular weight is 1050 g/mol. The van der Waals surface area contributed by atoms with Crippen LogP contribution in [0.5, 0.6) is 0 Å². The summed E-state index contributed by atoms with van der Waals surface area (Å²) in [6.45, 7) is 4.93. The SMILES string of the molecule is CCCC/C=C\CCCCCCCC(=O)OCCCCCCCCCCCCC/C=C\C/C=C\CCCCCCCCCCCCCCCCCCCC(=O)NC(CO)C(O)CCCCCCCCCCCCCC. The summed E-state index contributed by atoms with van der Waals surface area (Å²) < 4.78 is 5.46. The van der Waals surface area contributed by atoms with Crippen LogP contribution in [0.15, 0.2) is 36.5 Å². The molecule has 75 heavy (non-hydrogen) atoms. The topological polar surface area (TPSA) is 95.9 Å². The highest BCUT2D eigenvalue weighted by atomic mass is 16.5. The van der Waals surface area contributed by atoms with Gasteiger partial charge in [0.2, 0.25) is 5.91 Å². The number of carbonyl (C=O) groups is 2. The number of ether oxygens (including phenoxy) is 1. The summed E-state index contributed by atoms with van der Waals surface area (Å²) in [6, 6.07) is -0.538. The van der Waals surface area contributed by atoms with E-state index in [1.807, 2.05) is 0 Å². The first-order valence-electron chi connectivity index (χ1n) is 33.7. The van der Waals surface area contributed by atoms with Gasteiger partial charge < -0.3 is 20.3 Å². The van der Waals surface area contributed by atoms with E-state index in [0.717, 1.165) is 51.4 Å². The lowest BCUT2D eigenvalue weighted by Gasteiger charge is -2.22. The minimum Gasteiger partial charge on any atom is -0.466 e. The highest BCUT2D eigenvalue weighted by molar-refractivity contribution is 5.76. The van der Waals surface area contributed by atoms with E-state index in [9.17, 15) is 19.8 Å². The number of hydrogen-bond acceptors (Lipinski definition) is 5. The molecule has 0 saturated carbocycles. The molecule has 0 rings (SSSR count). The van der Waals surface area contributed by atoms with E-state index in [1.54, 1.807) is 0 Å². The highest BCUT2D eigenvalue weighted by Crippen LogP contribution is 2.18. The van der Waals surface area contributed by atoms with Gasteiger partial charge in [-0.25, -0.2) is 0 Å². The molecule has 0 saturated heterocycles. The second-order valence-corrected chi connectivity index (χ2v) is 23.1. The summed E-state index contributed by atoms with van der Waals surface area (Å²) in [5.41, 5.74) is 0. The molecule has 1 amide bonds. The smallest absolute Gasteiger partial charge is 0.305 e. The van der Waals surface area contributed by atoms with Crippen LogP contribution in [-0.4, -0.2) is 47.4 Å². The van der Waals surface area contributed by atoms with E-state index >= 15 is 0 Å². The van der Waals surface area contributed by atoms with Crippen molar-refractivity contribution < 1.29 is 24.5 Å². The van der Waals surface area contributed by atoms with Gasteiger partial charge in [-0.05, 0) is 77.0 Å². The number of esters is 1. The van der Waals surface area contributed by atoms with Gasteiger partial charge in [-0.15, -0.1) is 0 Å². The molecule has 0 fully saturated rings. The predicted octanol–water partition coefficient (Wildman–Crippen LogP) is 21.5. The number of rotatable bonds is 63. The van der Waals surface area contributed by atoms with Crippen LogP contribution in [0.25, 0.3) is 0 Å². The Bertz CT molecular complexity index is 1210. The first-order chi connectivity index (χ1) is 37.0. The average Bonchev–Trinajstić information content (AvgIpc) is 3.41. The molecule has 3 N–H and O–H groups in total. The Labute approximate surface area is 468 Å². The van der Waals surface area contributed by atoms with Crippen molar-refractivity contribution in [2.45, 2.75) is 379 Å². The van der Waals surface area contributed by atoms with E-state index in [-0.39, 0.29) is 18.5 Å². The number of amides is 1.